The van der Waals surface area contributed by atoms with Gasteiger partial charge >= 0.3 is 0 Å². The van der Waals surface area contributed by atoms with Crippen LogP contribution in [-0.2, 0) is 17.3 Å². The normalized spacial score (nSPS) is 22.1. The van der Waals surface area contributed by atoms with Crippen LogP contribution in [0.2, 0.25) is 0 Å². The second-order valence-corrected chi connectivity index (χ2v) is 16.5. The fourth-order valence-corrected chi connectivity index (χ4v) is 10.7. The van der Waals surface area contributed by atoms with Crippen LogP contribution < -0.4 is 9.80 Å². The van der Waals surface area contributed by atoms with Crippen LogP contribution in [-0.4, -0.2) is 6.54 Å². The number of hydrogen-bond acceptors (Lipinski definition) is 3. The van der Waals surface area contributed by atoms with Crippen LogP contribution in [0.4, 0.5) is 17.1 Å². The highest BCUT2D eigenvalue weighted by molar-refractivity contribution is 6.05. The van der Waals surface area contributed by atoms with E-state index >= 15 is 0 Å². The van der Waals surface area contributed by atoms with Gasteiger partial charge in [0.15, 0.2) is 0 Å². The molecule has 7 aromatic rings. The van der Waals surface area contributed by atoms with Gasteiger partial charge in [-0.25, -0.2) is 0 Å². The number of para-hydroxylation sites is 3. The van der Waals surface area contributed by atoms with Crippen LogP contribution in [0.15, 0.2) is 228 Å². The van der Waals surface area contributed by atoms with Crippen LogP contribution in [0, 0.1) is 5.92 Å². The summed E-state index contributed by atoms with van der Waals surface area (Å²) in [5, 5.41) is 2.27. The molecule has 0 spiro atoms. The third kappa shape index (κ3) is 5.63. The number of nitrogens with zero attached hydrogens (tertiary/aromatic N) is 2. The van der Waals surface area contributed by atoms with Gasteiger partial charge in [0.1, 0.15) is 11.2 Å². The maximum atomic E-state index is 6.57. The van der Waals surface area contributed by atoms with Gasteiger partial charge in [-0.05, 0) is 102 Å². The minimum atomic E-state index is -0.348. The van der Waals surface area contributed by atoms with Crippen molar-refractivity contribution in [1.29, 1.82) is 0 Å². The van der Waals surface area contributed by atoms with Gasteiger partial charge in [0, 0.05) is 62.7 Å². The van der Waals surface area contributed by atoms with Crippen molar-refractivity contribution in [2.45, 2.75) is 37.0 Å². The monoisotopic (exact) mass is 762 g/mol. The first-order valence-electron chi connectivity index (χ1n) is 21.0. The standard InChI is InChI=1S/C56H46N2O/c1-55-36-35-46(39-54(55)56(41-19-5-2-6-20-41,42-21-7-3-8-22-42)50-28-14-13-27-49(50)55)58(45-33-34-48-47-26-12-16-30-52(47)59-53(48)38-45)44-25-17-37-57(43-23-9-4-10-24-43)51-29-15-11-18-40(51)31-32-44/h2-21,23-30,32-35,38-39,42H,22,31,36-37H2,1H3/t42?,55?,56-/m1/s1. The molecule has 11 rings (SSSR count). The van der Waals surface area contributed by atoms with E-state index < -0.39 is 0 Å². The topological polar surface area (TPSA) is 19.6 Å². The average molecular weight is 763 g/mol. The number of furan rings is 1. The molecule has 3 aliphatic carbocycles. The van der Waals surface area contributed by atoms with E-state index in [1.54, 1.807) is 0 Å². The van der Waals surface area contributed by atoms with E-state index in [-0.39, 0.29) is 16.7 Å². The van der Waals surface area contributed by atoms with E-state index in [1.165, 1.54) is 44.9 Å². The minimum Gasteiger partial charge on any atom is -0.456 e. The van der Waals surface area contributed by atoms with Gasteiger partial charge in [-0.15, -0.1) is 0 Å². The molecule has 2 unspecified atom stereocenters. The molecule has 2 heterocycles. The van der Waals surface area contributed by atoms with Crippen LogP contribution in [0.3, 0.4) is 0 Å². The van der Waals surface area contributed by atoms with E-state index in [9.17, 15) is 0 Å². The lowest BCUT2D eigenvalue weighted by atomic mass is 9.59. The molecule has 0 radical (unpaired) electrons. The molecule has 1 aliphatic heterocycles. The fraction of sp³-hybridized carbons (Fsp3) is 0.143. The summed E-state index contributed by atoms with van der Waals surface area (Å²) in [5.74, 6) is 0.258. The molecule has 0 amide bonds. The Bertz CT molecular complexity index is 2920. The van der Waals surface area contributed by atoms with Gasteiger partial charge in [-0.2, -0.15) is 0 Å². The molecule has 0 bridgehead atoms. The second-order valence-electron chi connectivity index (χ2n) is 16.5. The molecule has 59 heavy (non-hydrogen) atoms. The first-order valence-corrected chi connectivity index (χ1v) is 21.0. The Balaban J connectivity index is 1.12. The molecule has 0 saturated carbocycles. The third-order valence-electron chi connectivity index (χ3n) is 13.3. The summed E-state index contributed by atoms with van der Waals surface area (Å²) in [4.78, 5) is 4.92. The first kappa shape index (κ1) is 35.3. The Morgan fingerprint density at radius 2 is 1.41 bits per heavy atom. The zero-order valence-corrected chi connectivity index (χ0v) is 33.3. The Labute approximate surface area is 346 Å². The average Bonchev–Trinajstić information content (AvgIpc) is 3.81. The van der Waals surface area contributed by atoms with Gasteiger partial charge < -0.3 is 14.2 Å². The predicted octanol–water partition coefficient (Wildman–Crippen LogP) is 13.8. The molecule has 0 saturated heterocycles. The van der Waals surface area contributed by atoms with E-state index in [0.29, 0.717) is 0 Å². The van der Waals surface area contributed by atoms with Crippen LogP contribution in [0.1, 0.15) is 42.0 Å². The van der Waals surface area contributed by atoms with Gasteiger partial charge in [-0.3, -0.25) is 0 Å². The number of benzene rings is 6. The van der Waals surface area contributed by atoms with Crippen LogP contribution in [0.5, 0.6) is 0 Å². The number of hydrogen-bond donors (Lipinski definition) is 0. The van der Waals surface area contributed by atoms with E-state index in [1.807, 2.05) is 6.07 Å². The summed E-state index contributed by atoms with van der Waals surface area (Å²) < 4.78 is 6.57. The van der Waals surface area contributed by atoms with Crippen molar-refractivity contribution < 1.29 is 4.42 Å². The SMILES string of the molecule is CC12CC=C(N(C3=CCc4ccccc4N(c4ccccc4)CC=C3)c3ccc4c(c3)oc3ccccc34)C=C1[C@](c1ccccc1)(C1C=CC=CC1)c1ccccc12. The van der Waals surface area contributed by atoms with E-state index in [2.05, 4.69) is 217 Å². The highest BCUT2D eigenvalue weighted by atomic mass is 16.3. The zero-order chi connectivity index (χ0) is 39.4. The summed E-state index contributed by atoms with van der Waals surface area (Å²) in [7, 11) is 0. The summed E-state index contributed by atoms with van der Waals surface area (Å²) >= 11 is 0. The van der Waals surface area contributed by atoms with Crippen molar-refractivity contribution in [2.75, 3.05) is 16.3 Å². The smallest absolute Gasteiger partial charge is 0.137 e. The Morgan fingerprint density at radius 3 is 2.25 bits per heavy atom. The lowest BCUT2D eigenvalue weighted by molar-refractivity contribution is 0.411. The van der Waals surface area contributed by atoms with E-state index in [4.69, 9.17) is 4.42 Å². The van der Waals surface area contributed by atoms with Crippen molar-refractivity contribution in [3.8, 4) is 0 Å². The van der Waals surface area contributed by atoms with Crippen molar-refractivity contribution in [1.82, 2.24) is 0 Å². The highest BCUT2D eigenvalue weighted by Crippen LogP contribution is 2.64. The molecule has 0 N–H and O–H groups in total. The quantitative estimate of drug-likeness (QED) is 0.168. The molecule has 3 nitrogen and oxygen atoms in total. The molecule has 4 aliphatic rings. The number of fused-ring (bicyclic) bond motifs is 7. The molecule has 6 aromatic carbocycles. The Kier molecular flexibility index (Phi) is 8.51. The third-order valence-corrected chi connectivity index (χ3v) is 13.3. The number of allylic oxidation sites excluding steroid dienone is 9. The fourth-order valence-electron chi connectivity index (χ4n) is 10.7. The predicted molar refractivity (Wildman–Crippen MR) is 245 cm³/mol. The van der Waals surface area contributed by atoms with Gasteiger partial charge in [0.05, 0.1) is 0 Å². The maximum Gasteiger partial charge on any atom is 0.137 e. The van der Waals surface area contributed by atoms with Crippen molar-refractivity contribution in [3.05, 3.63) is 246 Å². The largest absolute Gasteiger partial charge is 0.456 e. The highest BCUT2D eigenvalue weighted by Gasteiger charge is 2.58. The van der Waals surface area contributed by atoms with Crippen molar-refractivity contribution >= 4 is 39.0 Å². The maximum absolute atomic E-state index is 6.57. The molecular weight excluding hydrogens is 717 g/mol. The minimum absolute atomic E-state index is 0.183. The number of anilines is 3. The zero-order valence-electron chi connectivity index (χ0n) is 33.3. The van der Waals surface area contributed by atoms with Crippen molar-refractivity contribution in [3.63, 3.8) is 0 Å². The van der Waals surface area contributed by atoms with Crippen LogP contribution in [0.25, 0.3) is 21.9 Å². The molecule has 286 valence electrons. The Hall–Kier alpha value is -6.84. The lowest BCUT2D eigenvalue weighted by Crippen LogP contribution is -2.40. The molecule has 0 fully saturated rings. The summed E-state index contributed by atoms with van der Waals surface area (Å²) in [6.07, 6.45) is 24.1. The summed E-state index contributed by atoms with van der Waals surface area (Å²) in [5.41, 5.74) is 14.0. The molecule has 1 aromatic heterocycles. The van der Waals surface area contributed by atoms with Gasteiger partial charge in [0.25, 0.3) is 0 Å². The molecule has 3 heteroatoms. The Morgan fingerprint density at radius 1 is 0.661 bits per heavy atom. The van der Waals surface area contributed by atoms with Crippen molar-refractivity contribution in [2.24, 2.45) is 5.92 Å². The lowest BCUT2D eigenvalue weighted by Gasteiger charge is -2.44. The summed E-state index contributed by atoms with van der Waals surface area (Å²) in [6.45, 7) is 3.22. The summed E-state index contributed by atoms with van der Waals surface area (Å²) in [6, 6.07) is 55.3. The van der Waals surface area contributed by atoms with Gasteiger partial charge in [-0.1, -0.05) is 159 Å². The van der Waals surface area contributed by atoms with E-state index in [0.717, 1.165) is 59.1 Å². The number of rotatable bonds is 6. The van der Waals surface area contributed by atoms with Crippen LogP contribution >= 0.6 is 0 Å². The van der Waals surface area contributed by atoms with Gasteiger partial charge in [0.2, 0.25) is 0 Å². The first-order chi connectivity index (χ1) is 29.1. The second kappa shape index (κ2) is 14.2. The molecular formula is C56H46N2O. The molecule has 3 atom stereocenters.